The van der Waals surface area contributed by atoms with E-state index in [4.69, 9.17) is 0 Å². The van der Waals surface area contributed by atoms with E-state index < -0.39 is 0 Å². The molecule has 1 heterocycles. The van der Waals surface area contributed by atoms with Crippen LogP contribution in [0.15, 0.2) is 54.9 Å². The van der Waals surface area contributed by atoms with Crippen molar-refractivity contribution < 1.29 is 4.39 Å². The second kappa shape index (κ2) is 6.02. The molecule has 3 rings (SSSR count). The lowest BCUT2D eigenvalue weighted by Gasteiger charge is -2.09. The largest absolute Gasteiger partial charge is 0.313 e. The fraction of sp³-hybridized carbons (Fsp3) is 0.167. The third-order valence-electron chi connectivity index (χ3n) is 3.59. The Bertz CT molecular complexity index is 763. The van der Waals surface area contributed by atoms with Crippen LogP contribution in [0.5, 0.6) is 0 Å². The number of benzene rings is 2. The molecule has 0 spiro atoms. The Morgan fingerprint density at radius 2 is 1.95 bits per heavy atom. The van der Waals surface area contributed by atoms with Gasteiger partial charge in [0.1, 0.15) is 5.82 Å². The molecule has 106 valence electrons. The maximum Gasteiger partial charge on any atom is 0.127 e. The average molecular weight is 280 g/mol. The SMILES string of the molecule is CCNCc1cc(-c2cncc3ccccc23)ccc1F. The standard InChI is InChI=1S/C18H17FN2/c1-2-20-11-15-9-13(7-8-18(15)19)17-12-21-10-14-5-3-4-6-16(14)17/h3-10,12,20H,2,11H2,1H3. The van der Waals surface area contributed by atoms with Gasteiger partial charge in [0.25, 0.3) is 0 Å². The number of rotatable bonds is 4. The van der Waals surface area contributed by atoms with Gasteiger partial charge in [0.15, 0.2) is 0 Å². The van der Waals surface area contributed by atoms with Crippen molar-refractivity contribution in [2.45, 2.75) is 13.5 Å². The summed E-state index contributed by atoms with van der Waals surface area (Å²) in [6, 6.07) is 13.4. The van der Waals surface area contributed by atoms with Crippen LogP contribution in [0.3, 0.4) is 0 Å². The van der Waals surface area contributed by atoms with Gasteiger partial charge in [-0.2, -0.15) is 0 Å². The summed E-state index contributed by atoms with van der Waals surface area (Å²) in [5.74, 6) is -0.173. The third kappa shape index (κ3) is 2.78. The van der Waals surface area contributed by atoms with Crippen molar-refractivity contribution in [1.82, 2.24) is 10.3 Å². The third-order valence-corrected chi connectivity index (χ3v) is 3.59. The molecule has 1 aromatic heterocycles. The van der Waals surface area contributed by atoms with Gasteiger partial charge in [-0.05, 0) is 29.6 Å². The van der Waals surface area contributed by atoms with Crippen molar-refractivity contribution in [2.75, 3.05) is 6.54 Å². The fourth-order valence-electron chi connectivity index (χ4n) is 2.48. The van der Waals surface area contributed by atoms with Crippen molar-refractivity contribution in [2.24, 2.45) is 0 Å². The minimum atomic E-state index is -0.173. The van der Waals surface area contributed by atoms with Crippen LogP contribution in [0, 0.1) is 5.82 Å². The van der Waals surface area contributed by atoms with E-state index in [0.717, 1.165) is 28.4 Å². The molecule has 0 aliphatic carbocycles. The quantitative estimate of drug-likeness (QED) is 0.776. The van der Waals surface area contributed by atoms with Crippen molar-refractivity contribution in [1.29, 1.82) is 0 Å². The van der Waals surface area contributed by atoms with Crippen LogP contribution in [0.4, 0.5) is 4.39 Å². The van der Waals surface area contributed by atoms with Gasteiger partial charge in [0.2, 0.25) is 0 Å². The fourth-order valence-corrected chi connectivity index (χ4v) is 2.48. The van der Waals surface area contributed by atoms with Crippen LogP contribution in [-0.4, -0.2) is 11.5 Å². The van der Waals surface area contributed by atoms with E-state index in [1.807, 2.05) is 49.6 Å². The second-order valence-electron chi connectivity index (χ2n) is 4.99. The number of fused-ring (bicyclic) bond motifs is 1. The van der Waals surface area contributed by atoms with E-state index in [0.29, 0.717) is 12.1 Å². The Morgan fingerprint density at radius 1 is 1.10 bits per heavy atom. The summed E-state index contributed by atoms with van der Waals surface area (Å²) in [5, 5.41) is 5.39. The van der Waals surface area contributed by atoms with E-state index in [2.05, 4.69) is 16.4 Å². The molecule has 3 aromatic rings. The van der Waals surface area contributed by atoms with Gasteiger partial charge in [-0.15, -0.1) is 0 Å². The highest BCUT2D eigenvalue weighted by atomic mass is 19.1. The summed E-state index contributed by atoms with van der Waals surface area (Å²) in [6.07, 6.45) is 3.69. The van der Waals surface area contributed by atoms with Crippen LogP contribution in [0.25, 0.3) is 21.9 Å². The number of aromatic nitrogens is 1. The van der Waals surface area contributed by atoms with E-state index in [1.54, 1.807) is 0 Å². The van der Waals surface area contributed by atoms with Gasteiger partial charge in [0.05, 0.1) is 0 Å². The smallest absolute Gasteiger partial charge is 0.127 e. The first-order valence-electron chi connectivity index (χ1n) is 7.12. The monoisotopic (exact) mass is 280 g/mol. The molecule has 21 heavy (non-hydrogen) atoms. The minimum Gasteiger partial charge on any atom is -0.313 e. The first-order chi connectivity index (χ1) is 10.3. The number of pyridine rings is 1. The molecule has 0 saturated heterocycles. The molecule has 0 bridgehead atoms. The highest BCUT2D eigenvalue weighted by molar-refractivity contribution is 5.95. The normalized spacial score (nSPS) is 11.0. The number of nitrogens with zero attached hydrogens (tertiary/aromatic N) is 1. The van der Waals surface area contributed by atoms with Gasteiger partial charge < -0.3 is 5.32 Å². The lowest BCUT2D eigenvalue weighted by Crippen LogP contribution is -2.12. The molecular weight excluding hydrogens is 263 g/mol. The van der Waals surface area contributed by atoms with E-state index in [1.165, 1.54) is 6.07 Å². The predicted molar refractivity (Wildman–Crippen MR) is 84.5 cm³/mol. The Balaban J connectivity index is 2.10. The van der Waals surface area contributed by atoms with E-state index in [9.17, 15) is 4.39 Å². The molecule has 0 unspecified atom stereocenters. The maximum atomic E-state index is 13.9. The first-order valence-corrected chi connectivity index (χ1v) is 7.12. The number of halogens is 1. The Hall–Kier alpha value is -2.26. The molecule has 0 atom stereocenters. The number of hydrogen-bond donors (Lipinski definition) is 1. The number of nitrogens with one attached hydrogen (secondary N) is 1. The summed E-state index contributed by atoms with van der Waals surface area (Å²) < 4.78 is 13.9. The number of hydrogen-bond acceptors (Lipinski definition) is 2. The summed E-state index contributed by atoms with van der Waals surface area (Å²) in [5.41, 5.74) is 2.71. The van der Waals surface area contributed by atoms with E-state index in [-0.39, 0.29) is 5.82 Å². The highest BCUT2D eigenvalue weighted by Crippen LogP contribution is 2.28. The summed E-state index contributed by atoms with van der Waals surface area (Å²) in [6.45, 7) is 3.37. The zero-order valence-corrected chi connectivity index (χ0v) is 11.9. The highest BCUT2D eigenvalue weighted by Gasteiger charge is 2.08. The zero-order chi connectivity index (χ0) is 14.7. The summed E-state index contributed by atoms with van der Waals surface area (Å²) in [7, 11) is 0. The average Bonchev–Trinajstić information content (AvgIpc) is 2.54. The molecule has 0 saturated carbocycles. The van der Waals surface area contributed by atoms with Gasteiger partial charge in [-0.1, -0.05) is 37.3 Å². The second-order valence-corrected chi connectivity index (χ2v) is 4.99. The van der Waals surface area contributed by atoms with Crippen molar-refractivity contribution in [3.63, 3.8) is 0 Å². The summed E-state index contributed by atoms with van der Waals surface area (Å²) in [4.78, 5) is 4.29. The molecule has 0 fully saturated rings. The molecule has 1 N–H and O–H groups in total. The van der Waals surface area contributed by atoms with Crippen LogP contribution < -0.4 is 5.32 Å². The molecule has 2 aromatic carbocycles. The van der Waals surface area contributed by atoms with Gasteiger partial charge in [-0.25, -0.2) is 4.39 Å². The van der Waals surface area contributed by atoms with Crippen LogP contribution in [0.2, 0.25) is 0 Å². The summed E-state index contributed by atoms with van der Waals surface area (Å²) >= 11 is 0. The van der Waals surface area contributed by atoms with Crippen molar-refractivity contribution in [3.8, 4) is 11.1 Å². The van der Waals surface area contributed by atoms with Crippen molar-refractivity contribution in [3.05, 3.63) is 66.2 Å². The molecule has 0 aliphatic rings. The molecule has 0 radical (unpaired) electrons. The molecule has 3 heteroatoms. The molecule has 0 amide bonds. The van der Waals surface area contributed by atoms with Gasteiger partial charge >= 0.3 is 0 Å². The first kappa shape index (κ1) is 13.7. The zero-order valence-electron chi connectivity index (χ0n) is 11.9. The van der Waals surface area contributed by atoms with Crippen LogP contribution in [0.1, 0.15) is 12.5 Å². The van der Waals surface area contributed by atoms with Gasteiger partial charge in [-0.3, -0.25) is 4.98 Å². The lowest BCUT2D eigenvalue weighted by atomic mass is 9.99. The molecule has 0 aliphatic heterocycles. The predicted octanol–water partition coefficient (Wildman–Crippen LogP) is 4.15. The lowest BCUT2D eigenvalue weighted by molar-refractivity contribution is 0.593. The molecule has 2 nitrogen and oxygen atoms in total. The minimum absolute atomic E-state index is 0.173. The van der Waals surface area contributed by atoms with E-state index >= 15 is 0 Å². The molecular formula is C18H17FN2. The maximum absolute atomic E-state index is 13.9. The Kier molecular flexibility index (Phi) is 3.93. The van der Waals surface area contributed by atoms with Crippen LogP contribution >= 0.6 is 0 Å². The van der Waals surface area contributed by atoms with Crippen molar-refractivity contribution >= 4 is 10.8 Å². The van der Waals surface area contributed by atoms with Gasteiger partial charge in [0, 0.05) is 35.5 Å². The Labute approximate surface area is 123 Å². The van der Waals surface area contributed by atoms with Crippen LogP contribution in [-0.2, 0) is 6.54 Å². The topological polar surface area (TPSA) is 24.9 Å². The Morgan fingerprint density at radius 3 is 2.81 bits per heavy atom.